The number of aromatic nitrogens is 1. The van der Waals surface area contributed by atoms with Gasteiger partial charge in [-0.15, -0.1) is 0 Å². The number of hydrogen-bond acceptors (Lipinski definition) is 2. The number of hydrogen-bond donors (Lipinski definition) is 1. The molecule has 0 amide bonds. The summed E-state index contributed by atoms with van der Waals surface area (Å²) in [7, 11) is 2.02. The highest BCUT2D eigenvalue weighted by atomic mass is 14.9. The van der Waals surface area contributed by atoms with Gasteiger partial charge in [0.15, 0.2) is 0 Å². The van der Waals surface area contributed by atoms with Crippen molar-refractivity contribution in [2.45, 2.75) is 33.7 Å². The van der Waals surface area contributed by atoms with Crippen molar-refractivity contribution in [3.8, 4) is 0 Å². The zero-order chi connectivity index (χ0) is 11.4. The molecule has 1 heterocycles. The minimum atomic E-state index is 0.401. The van der Waals surface area contributed by atoms with Crippen LogP contribution in [0.1, 0.15) is 38.1 Å². The zero-order valence-corrected chi connectivity index (χ0v) is 10.4. The molecule has 0 fully saturated rings. The molecule has 0 aliphatic heterocycles. The van der Waals surface area contributed by atoms with Crippen LogP contribution >= 0.6 is 0 Å². The fourth-order valence-corrected chi connectivity index (χ4v) is 1.78. The minimum absolute atomic E-state index is 0.401. The Balaban J connectivity index is 2.87. The van der Waals surface area contributed by atoms with Crippen molar-refractivity contribution < 1.29 is 0 Å². The number of pyridine rings is 1. The first-order valence-corrected chi connectivity index (χ1v) is 5.66. The topological polar surface area (TPSA) is 24.9 Å². The van der Waals surface area contributed by atoms with Gasteiger partial charge >= 0.3 is 0 Å². The smallest absolute Gasteiger partial charge is 0.0372 e. The maximum Gasteiger partial charge on any atom is 0.0372 e. The Bertz CT molecular complexity index is 290. The van der Waals surface area contributed by atoms with Crippen LogP contribution in [0, 0.1) is 18.8 Å². The van der Waals surface area contributed by atoms with Crippen LogP contribution in [0.15, 0.2) is 18.3 Å². The first-order chi connectivity index (χ1) is 7.06. The lowest BCUT2D eigenvalue weighted by Gasteiger charge is -2.26. The summed E-state index contributed by atoms with van der Waals surface area (Å²) in [5.41, 5.74) is 2.36. The van der Waals surface area contributed by atoms with Crippen molar-refractivity contribution in [3.05, 3.63) is 29.6 Å². The molecule has 1 aromatic heterocycles. The molecule has 84 valence electrons. The Morgan fingerprint density at radius 1 is 1.20 bits per heavy atom. The first-order valence-electron chi connectivity index (χ1n) is 5.66. The molecular weight excluding hydrogens is 184 g/mol. The summed E-state index contributed by atoms with van der Waals surface area (Å²) >= 11 is 0. The van der Waals surface area contributed by atoms with E-state index in [4.69, 9.17) is 0 Å². The lowest BCUT2D eigenvalue weighted by molar-refractivity contribution is 0.316. The van der Waals surface area contributed by atoms with Gasteiger partial charge in [-0.2, -0.15) is 0 Å². The molecule has 2 atom stereocenters. The highest BCUT2D eigenvalue weighted by Crippen LogP contribution is 2.26. The Kier molecular flexibility index (Phi) is 4.28. The van der Waals surface area contributed by atoms with Gasteiger partial charge in [-0.05, 0) is 37.4 Å². The number of rotatable bonds is 4. The largest absolute Gasteiger partial charge is 0.313 e. The van der Waals surface area contributed by atoms with E-state index in [0.29, 0.717) is 17.9 Å². The van der Waals surface area contributed by atoms with Crippen LogP contribution in [0.5, 0.6) is 0 Å². The predicted octanol–water partition coefficient (Wildman–Crippen LogP) is 2.94. The van der Waals surface area contributed by atoms with E-state index in [1.165, 1.54) is 5.56 Å². The number of aryl methyl sites for hydroxylation is 1. The van der Waals surface area contributed by atoms with E-state index in [0.717, 1.165) is 5.69 Å². The van der Waals surface area contributed by atoms with Gasteiger partial charge in [0.05, 0.1) is 0 Å². The van der Waals surface area contributed by atoms with Crippen LogP contribution in [0.25, 0.3) is 0 Å². The fraction of sp³-hybridized carbons (Fsp3) is 0.615. The summed E-state index contributed by atoms with van der Waals surface area (Å²) in [4.78, 5) is 4.35. The van der Waals surface area contributed by atoms with Crippen molar-refractivity contribution in [2.75, 3.05) is 7.05 Å². The van der Waals surface area contributed by atoms with Crippen LogP contribution in [0.2, 0.25) is 0 Å². The van der Waals surface area contributed by atoms with Crippen LogP contribution in [0.3, 0.4) is 0 Å². The van der Waals surface area contributed by atoms with Crippen LogP contribution in [-0.2, 0) is 0 Å². The molecule has 2 nitrogen and oxygen atoms in total. The van der Waals surface area contributed by atoms with Crippen molar-refractivity contribution in [2.24, 2.45) is 11.8 Å². The first kappa shape index (κ1) is 12.2. The number of nitrogens with one attached hydrogen (secondary N) is 1. The molecule has 1 N–H and O–H groups in total. The molecule has 2 unspecified atom stereocenters. The molecule has 0 saturated carbocycles. The Morgan fingerprint density at radius 3 is 2.27 bits per heavy atom. The monoisotopic (exact) mass is 206 g/mol. The maximum absolute atomic E-state index is 4.35. The lowest BCUT2D eigenvalue weighted by atomic mass is 9.87. The van der Waals surface area contributed by atoms with Gasteiger partial charge in [0.2, 0.25) is 0 Å². The van der Waals surface area contributed by atoms with Crippen LogP contribution < -0.4 is 5.32 Å². The van der Waals surface area contributed by atoms with E-state index in [1.807, 2.05) is 20.2 Å². The highest BCUT2D eigenvalue weighted by molar-refractivity contribution is 5.18. The summed E-state index contributed by atoms with van der Waals surface area (Å²) in [5.74, 6) is 1.28. The molecule has 0 saturated heterocycles. The normalized spacial score (nSPS) is 15.3. The van der Waals surface area contributed by atoms with Gasteiger partial charge in [-0.3, -0.25) is 4.98 Å². The second-order valence-corrected chi connectivity index (χ2v) is 4.60. The molecule has 0 aliphatic rings. The maximum atomic E-state index is 4.35. The van der Waals surface area contributed by atoms with E-state index in [2.05, 4.69) is 43.2 Å². The van der Waals surface area contributed by atoms with Gasteiger partial charge in [0.1, 0.15) is 0 Å². The zero-order valence-electron chi connectivity index (χ0n) is 10.4. The third kappa shape index (κ3) is 3.03. The standard InChI is InChI=1S/C13H22N2/c1-9(2)11(4)13(14-5)12-7-6-10(3)15-8-12/h6-9,11,13-14H,1-5H3. The summed E-state index contributed by atoms with van der Waals surface area (Å²) < 4.78 is 0. The quantitative estimate of drug-likeness (QED) is 0.819. The van der Waals surface area contributed by atoms with Gasteiger partial charge in [-0.25, -0.2) is 0 Å². The van der Waals surface area contributed by atoms with Gasteiger partial charge < -0.3 is 5.32 Å². The van der Waals surface area contributed by atoms with Crippen molar-refractivity contribution in [3.63, 3.8) is 0 Å². The summed E-state index contributed by atoms with van der Waals surface area (Å²) in [6, 6.07) is 4.65. The van der Waals surface area contributed by atoms with Crippen LogP contribution in [0.4, 0.5) is 0 Å². The summed E-state index contributed by atoms with van der Waals surface area (Å²) in [6.45, 7) is 8.82. The Hall–Kier alpha value is -0.890. The summed E-state index contributed by atoms with van der Waals surface area (Å²) in [6.07, 6.45) is 1.98. The molecular formula is C13H22N2. The molecule has 0 radical (unpaired) electrons. The molecule has 1 rings (SSSR count). The lowest BCUT2D eigenvalue weighted by Crippen LogP contribution is -2.26. The fourth-order valence-electron chi connectivity index (χ4n) is 1.78. The van der Waals surface area contributed by atoms with E-state index in [-0.39, 0.29) is 0 Å². The van der Waals surface area contributed by atoms with E-state index < -0.39 is 0 Å². The van der Waals surface area contributed by atoms with E-state index in [1.54, 1.807) is 0 Å². The molecule has 0 aromatic carbocycles. The van der Waals surface area contributed by atoms with Gasteiger partial charge in [0, 0.05) is 17.9 Å². The van der Waals surface area contributed by atoms with E-state index in [9.17, 15) is 0 Å². The molecule has 1 aromatic rings. The molecule has 0 spiro atoms. The SMILES string of the molecule is CNC(c1ccc(C)nc1)C(C)C(C)C. The van der Waals surface area contributed by atoms with Crippen molar-refractivity contribution in [1.82, 2.24) is 10.3 Å². The van der Waals surface area contributed by atoms with Gasteiger partial charge in [-0.1, -0.05) is 26.8 Å². The predicted molar refractivity (Wildman–Crippen MR) is 64.8 cm³/mol. The molecule has 2 heteroatoms. The Morgan fingerprint density at radius 2 is 1.87 bits per heavy atom. The highest BCUT2D eigenvalue weighted by Gasteiger charge is 2.20. The summed E-state index contributed by atoms with van der Waals surface area (Å²) in [5, 5.41) is 3.38. The number of nitrogens with zero attached hydrogens (tertiary/aromatic N) is 1. The van der Waals surface area contributed by atoms with Crippen molar-refractivity contribution >= 4 is 0 Å². The van der Waals surface area contributed by atoms with Crippen molar-refractivity contribution in [1.29, 1.82) is 0 Å². The third-order valence-corrected chi connectivity index (χ3v) is 3.18. The average Bonchev–Trinajstić information content (AvgIpc) is 2.21. The van der Waals surface area contributed by atoms with Gasteiger partial charge in [0.25, 0.3) is 0 Å². The second kappa shape index (κ2) is 5.26. The van der Waals surface area contributed by atoms with E-state index >= 15 is 0 Å². The second-order valence-electron chi connectivity index (χ2n) is 4.60. The Labute approximate surface area is 93.1 Å². The van der Waals surface area contributed by atoms with Crippen LogP contribution in [-0.4, -0.2) is 12.0 Å². The third-order valence-electron chi connectivity index (χ3n) is 3.18. The molecule has 15 heavy (non-hydrogen) atoms. The molecule has 0 bridgehead atoms. The minimum Gasteiger partial charge on any atom is -0.313 e. The average molecular weight is 206 g/mol. The molecule has 0 aliphatic carbocycles.